The molecule has 4 rings (SSSR count). The molecule has 0 spiro atoms. The van der Waals surface area contributed by atoms with Crippen LogP contribution in [0.1, 0.15) is 28.5 Å². The smallest absolute Gasteiger partial charge is 0.407 e. The maximum atomic E-state index is 12.9. The summed E-state index contributed by atoms with van der Waals surface area (Å²) in [5.41, 5.74) is 2.60. The molecule has 0 bridgehead atoms. The van der Waals surface area contributed by atoms with Crippen molar-refractivity contribution in [3.63, 3.8) is 0 Å². The molecule has 3 heterocycles. The number of nitrogens with one attached hydrogen (secondary N) is 1. The number of aryl methyl sites for hydroxylation is 1. The Morgan fingerprint density at radius 2 is 1.83 bits per heavy atom. The van der Waals surface area contributed by atoms with Crippen LogP contribution in [-0.2, 0) is 19.6 Å². The number of carboxylic acid groups (broad SMARTS) is 1. The van der Waals surface area contributed by atoms with E-state index in [4.69, 9.17) is 0 Å². The van der Waals surface area contributed by atoms with Crippen LogP contribution in [0, 0.1) is 11.8 Å². The van der Waals surface area contributed by atoms with Gasteiger partial charge in [0.1, 0.15) is 5.69 Å². The monoisotopic (exact) mass is 397 g/mol. The quantitative estimate of drug-likeness (QED) is 0.777. The highest BCUT2D eigenvalue weighted by Crippen LogP contribution is 2.32. The van der Waals surface area contributed by atoms with Crippen molar-refractivity contribution in [3.05, 3.63) is 53.3 Å². The van der Waals surface area contributed by atoms with Gasteiger partial charge in [0, 0.05) is 51.4 Å². The second kappa shape index (κ2) is 8.24. The van der Waals surface area contributed by atoms with E-state index in [1.807, 2.05) is 37.3 Å². The van der Waals surface area contributed by atoms with Gasteiger partial charge in [0.25, 0.3) is 5.91 Å². The number of hydrogen-bond acceptors (Lipinski definition) is 4. The third kappa shape index (κ3) is 4.12. The molecule has 2 N–H and O–H groups in total. The Balaban J connectivity index is 1.41. The van der Waals surface area contributed by atoms with Crippen LogP contribution in [0.3, 0.4) is 0 Å². The zero-order valence-corrected chi connectivity index (χ0v) is 16.6. The molecular weight excluding hydrogens is 370 g/mol. The molecule has 2 aromatic rings. The standard InChI is InChI=1S/C21H27N5O3/c1-2-26-19(20(27)22-8-15-6-4-3-5-7-15)16(9-23-26)10-24-11-17-13-25(21(28)29)14-18(17)12-24/h3-7,9,17-18H,2,8,10-14H2,1H3,(H,22,27)(H,28,29). The Bertz CT molecular complexity index is 868. The first kappa shape index (κ1) is 19.4. The highest BCUT2D eigenvalue weighted by Gasteiger charge is 2.41. The maximum absolute atomic E-state index is 12.9. The van der Waals surface area contributed by atoms with Crippen molar-refractivity contribution in [1.29, 1.82) is 0 Å². The molecule has 8 heteroatoms. The number of hydrogen-bond donors (Lipinski definition) is 2. The van der Waals surface area contributed by atoms with Crippen molar-refractivity contribution >= 4 is 12.0 Å². The Labute approximate surface area is 170 Å². The lowest BCUT2D eigenvalue weighted by atomic mass is 10.0. The van der Waals surface area contributed by atoms with E-state index >= 15 is 0 Å². The fraction of sp³-hybridized carbons (Fsp3) is 0.476. The lowest BCUT2D eigenvalue weighted by molar-refractivity contribution is 0.0937. The maximum Gasteiger partial charge on any atom is 0.407 e. The summed E-state index contributed by atoms with van der Waals surface area (Å²) in [6, 6.07) is 9.85. The molecule has 2 unspecified atom stereocenters. The first-order valence-electron chi connectivity index (χ1n) is 10.1. The average molecular weight is 397 g/mol. The van der Waals surface area contributed by atoms with E-state index in [0.717, 1.165) is 24.2 Å². The van der Waals surface area contributed by atoms with Crippen molar-refractivity contribution in [2.75, 3.05) is 26.2 Å². The molecule has 1 aromatic heterocycles. The van der Waals surface area contributed by atoms with Crippen LogP contribution >= 0.6 is 0 Å². The zero-order valence-electron chi connectivity index (χ0n) is 16.6. The molecule has 2 saturated heterocycles. The molecule has 1 aromatic carbocycles. The Kier molecular flexibility index (Phi) is 5.53. The van der Waals surface area contributed by atoms with Gasteiger partial charge in [0.2, 0.25) is 0 Å². The second-order valence-corrected chi connectivity index (χ2v) is 7.90. The third-order valence-electron chi connectivity index (χ3n) is 5.95. The summed E-state index contributed by atoms with van der Waals surface area (Å²) in [7, 11) is 0. The largest absolute Gasteiger partial charge is 0.465 e. The van der Waals surface area contributed by atoms with Crippen LogP contribution in [0.2, 0.25) is 0 Å². The Hall–Kier alpha value is -2.87. The summed E-state index contributed by atoms with van der Waals surface area (Å²) in [5.74, 6) is 0.644. The molecule has 2 amide bonds. The average Bonchev–Trinajstić information content (AvgIpc) is 3.40. The summed E-state index contributed by atoms with van der Waals surface area (Å²) in [6.45, 7) is 6.68. The first-order valence-corrected chi connectivity index (χ1v) is 10.1. The van der Waals surface area contributed by atoms with Crippen LogP contribution in [0.15, 0.2) is 36.5 Å². The minimum atomic E-state index is -0.826. The normalized spacial score (nSPS) is 21.3. The van der Waals surface area contributed by atoms with Crippen LogP contribution in [0.4, 0.5) is 4.79 Å². The van der Waals surface area contributed by atoms with Crippen molar-refractivity contribution in [3.8, 4) is 0 Å². The number of rotatable bonds is 6. The zero-order chi connectivity index (χ0) is 20.4. The first-order chi connectivity index (χ1) is 14.0. The van der Waals surface area contributed by atoms with Crippen molar-refractivity contribution in [2.45, 2.75) is 26.6 Å². The van der Waals surface area contributed by atoms with Gasteiger partial charge in [0.05, 0.1) is 6.20 Å². The number of nitrogens with zero attached hydrogens (tertiary/aromatic N) is 4. The third-order valence-corrected chi connectivity index (χ3v) is 5.95. The van der Waals surface area contributed by atoms with Gasteiger partial charge in [0.15, 0.2) is 0 Å². The van der Waals surface area contributed by atoms with Crippen LogP contribution in [0.25, 0.3) is 0 Å². The number of aromatic nitrogens is 2. The number of benzene rings is 1. The fourth-order valence-electron chi connectivity index (χ4n) is 4.52. The van der Waals surface area contributed by atoms with Crippen molar-refractivity contribution < 1.29 is 14.7 Å². The van der Waals surface area contributed by atoms with Crippen LogP contribution in [-0.4, -0.2) is 62.9 Å². The summed E-state index contributed by atoms with van der Waals surface area (Å²) in [5, 5.41) is 16.6. The number of carbonyl (C=O) groups excluding carboxylic acids is 1. The van der Waals surface area contributed by atoms with Gasteiger partial charge in [-0.1, -0.05) is 30.3 Å². The lowest BCUT2D eigenvalue weighted by Gasteiger charge is -2.20. The molecule has 2 aliphatic rings. The van der Waals surface area contributed by atoms with E-state index in [2.05, 4.69) is 15.3 Å². The Morgan fingerprint density at radius 3 is 2.45 bits per heavy atom. The minimum Gasteiger partial charge on any atom is -0.465 e. The number of fused-ring (bicyclic) bond motifs is 1. The number of amides is 2. The van der Waals surface area contributed by atoms with E-state index in [0.29, 0.717) is 50.3 Å². The number of carbonyl (C=O) groups is 2. The van der Waals surface area contributed by atoms with Crippen molar-refractivity contribution in [1.82, 2.24) is 24.9 Å². The molecule has 154 valence electrons. The van der Waals surface area contributed by atoms with Gasteiger partial charge in [-0.3, -0.25) is 14.4 Å². The highest BCUT2D eigenvalue weighted by atomic mass is 16.4. The molecule has 0 radical (unpaired) electrons. The predicted molar refractivity (Wildman–Crippen MR) is 107 cm³/mol. The summed E-state index contributed by atoms with van der Waals surface area (Å²) in [4.78, 5) is 27.9. The fourth-order valence-corrected chi connectivity index (χ4v) is 4.52. The molecular formula is C21H27N5O3. The summed E-state index contributed by atoms with van der Waals surface area (Å²) >= 11 is 0. The summed E-state index contributed by atoms with van der Waals surface area (Å²) < 4.78 is 1.75. The van der Waals surface area contributed by atoms with Gasteiger partial charge in [-0.25, -0.2) is 4.79 Å². The molecule has 8 nitrogen and oxygen atoms in total. The molecule has 0 aliphatic carbocycles. The van der Waals surface area contributed by atoms with E-state index in [9.17, 15) is 14.7 Å². The highest BCUT2D eigenvalue weighted by molar-refractivity contribution is 5.93. The molecule has 29 heavy (non-hydrogen) atoms. The number of likely N-dealkylation sites (tertiary alicyclic amines) is 2. The summed E-state index contributed by atoms with van der Waals surface area (Å²) in [6.07, 6.45) is 0.964. The topological polar surface area (TPSA) is 90.7 Å². The SMILES string of the molecule is CCn1ncc(CN2CC3CN(C(=O)O)CC3C2)c1C(=O)NCc1ccccc1. The van der Waals surface area contributed by atoms with Crippen LogP contribution in [0.5, 0.6) is 0 Å². The predicted octanol–water partition coefficient (Wildman–Crippen LogP) is 1.87. The van der Waals surface area contributed by atoms with E-state index in [1.54, 1.807) is 10.9 Å². The molecule has 2 atom stereocenters. The van der Waals surface area contributed by atoms with Gasteiger partial charge >= 0.3 is 6.09 Å². The van der Waals surface area contributed by atoms with E-state index in [-0.39, 0.29) is 5.91 Å². The molecule has 0 saturated carbocycles. The van der Waals surface area contributed by atoms with Gasteiger partial charge in [-0.05, 0) is 24.3 Å². The van der Waals surface area contributed by atoms with Crippen molar-refractivity contribution in [2.24, 2.45) is 11.8 Å². The molecule has 2 fully saturated rings. The van der Waals surface area contributed by atoms with Gasteiger partial charge in [-0.2, -0.15) is 5.10 Å². The lowest BCUT2D eigenvalue weighted by Crippen LogP contribution is -2.32. The molecule has 2 aliphatic heterocycles. The van der Waals surface area contributed by atoms with Gasteiger partial charge in [-0.15, -0.1) is 0 Å². The van der Waals surface area contributed by atoms with Crippen LogP contribution < -0.4 is 5.32 Å². The Morgan fingerprint density at radius 1 is 1.14 bits per heavy atom. The van der Waals surface area contributed by atoms with E-state index < -0.39 is 6.09 Å². The van der Waals surface area contributed by atoms with Gasteiger partial charge < -0.3 is 15.3 Å². The second-order valence-electron chi connectivity index (χ2n) is 7.90. The van der Waals surface area contributed by atoms with E-state index in [1.165, 1.54) is 4.90 Å². The minimum absolute atomic E-state index is 0.111.